The lowest BCUT2D eigenvalue weighted by molar-refractivity contribution is 0.628. The Kier molecular flexibility index (Phi) is 3.74. The van der Waals surface area contributed by atoms with Crippen LogP contribution in [0.15, 0.2) is 53.2 Å². The zero-order valence-corrected chi connectivity index (χ0v) is 15.6. The van der Waals surface area contributed by atoms with Gasteiger partial charge in [-0.2, -0.15) is 0 Å². The van der Waals surface area contributed by atoms with E-state index in [0.29, 0.717) is 0 Å². The summed E-state index contributed by atoms with van der Waals surface area (Å²) in [5.74, 6) is 0.900. The molecule has 1 saturated heterocycles. The summed E-state index contributed by atoms with van der Waals surface area (Å²) in [6, 6.07) is 14.6. The van der Waals surface area contributed by atoms with E-state index in [9.17, 15) is 0 Å². The van der Waals surface area contributed by atoms with Crippen LogP contribution in [0.2, 0.25) is 0 Å². The predicted octanol–water partition coefficient (Wildman–Crippen LogP) is 4.32. The Morgan fingerprint density at radius 2 is 1.63 bits per heavy atom. The topological polar surface area (TPSA) is 45.4 Å². The van der Waals surface area contributed by atoms with Crippen molar-refractivity contribution in [2.45, 2.75) is 13.8 Å². The Hall–Kier alpha value is -3.08. The molecule has 0 unspecified atom stereocenters. The van der Waals surface area contributed by atoms with Crippen LogP contribution >= 0.6 is 0 Å². The Morgan fingerprint density at radius 1 is 0.852 bits per heavy atom. The maximum atomic E-state index is 6.10. The smallest absolute Gasteiger partial charge is 0.196 e. The number of hydrogen-bond donors (Lipinski definition) is 0. The van der Waals surface area contributed by atoms with Crippen LogP contribution < -0.4 is 9.80 Å². The zero-order valence-electron chi connectivity index (χ0n) is 15.6. The van der Waals surface area contributed by atoms with E-state index in [1.807, 2.05) is 18.2 Å². The molecule has 0 bridgehead atoms. The maximum absolute atomic E-state index is 6.10. The molecule has 3 heterocycles. The minimum absolute atomic E-state index is 0.791. The van der Waals surface area contributed by atoms with Gasteiger partial charge in [0.1, 0.15) is 17.4 Å². The van der Waals surface area contributed by atoms with Gasteiger partial charge < -0.3 is 14.2 Å². The van der Waals surface area contributed by atoms with E-state index in [4.69, 9.17) is 4.42 Å². The molecule has 0 saturated carbocycles. The van der Waals surface area contributed by atoms with E-state index >= 15 is 0 Å². The van der Waals surface area contributed by atoms with Crippen LogP contribution in [0.1, 0.15) is 11.1 Å². The second kappa shape index (κ2) is 6.27. The minimum atomic E-state index is 0.791. The van der Waals surface area contributed by atoms with Gasteiger partial charge in [0.05, 0.1) is 0 Å². The van der Waals surface area contributed by atoms with Gasteiger partial charge in [0, 0.05) is 37.3 Å². The van der Waals surface area contributed by atoms with Gasteiger partial charge in [0.2, 0.25) is 0 Å². The highest BCUT2D eigenvalue weighted by Crippen LogP contribution is 2.33. The first-order valence-corrected chi connectivity index (χ1v) is 9.41. The summed E-state index contributed by atoms with van der Waals surface area (Å²) < 4.78 is 6.10. The van der Waals surface area contributed by atoms with Gasteiger partial charge >= 0.3 is 0 Å². The summed E-state index contributed by atoms with van der Waals surface area (Å²) in [5, 5.41) is 1.05. The number of benzene rings is 2. The third-order valence-corrected chi connectivity index (χ3v) is 5.64. The third-order valence-electron chi connectivity index (χ3n) is 5.64. The van der Waals surface area contributed by atoms with Crippen molar-refractivity contribution in [1.29, 1.82) is 0 Å². The molecular weight excluding hydrogens is 336 g/mol. The first-order valence-electron chi connectivity index (χ1n) is 9.41. The zero-order chi connectivity index (χ0) is 18.4. The Morgan fingerprint density at radius 3 is 2.48 bits per heavy atom. The fraction of sp³-hybridized carbons (Fsp3) is 0.273. The summed E-state index contributed by atoms with van der Waals surface area (Å²) in [4.78, 5) is 13.8. The fourth-order valence-corrected chi connectivity index (χ4v) is 3.97. The van der Waals surface area contributed by atoms with E-state index in [0.717, 1.165) is 54.1 Å². The van der Waals surface area contributed by atoms with E-state index in [2.05, 4.69) is 57.9 Å². The molecule has 4 aromatic rings. The number of furan rings is 1. The fourth-order valence-electron chi connectivity index (χ4n) is 3.97. The van der Waals surface area contributed by atoms with E-state index < -0.39 is 0 Å². The number of rotatable bonds is 2. The average Bonchev–Trinajstić information content (AvgIpc) is 3.09. The van der Waals surface area contributed by atoms with Gasteiger partial charge in [0.15, 0.2) is 11.4 Å². The molecule has 0 N–H and O–H groups in total. The lowest BCUT2D eigenvalue weighted by Crippen LogP contribution is -2.47. The molecule has 2 aromatic carbocycles. The van der Waals surface area contributed by atoms with Gasteiger partial charge in [-0.15, -0.1) is 0 Å². The molecule has 1 fully saturated rings. The number of aryl methyl sites for hydroxylation is 1. The number of fused-ring (bicyclic) bond motifs is 3. The van der Waals surface area contributed by atoms with Crippen molar-refractivity contribution in [1.82, 2.24) is 9.97 Å². The van der Waals surface area contributed by atoms with Crippen LogP contribution in [0, 0.1) is 13.8 Å². The molecule has 0 aliphatic carbocycles. The largest absolute Gasteiger partial charge is 0.450 e. The lowest BCUT2D eigenvalue weighted by atomic mass is 10.1. The monoisotopic (exact) mass is 358 g/mol. The number of hydrogen-bond acceptors (Lipinski definition) is 5. The normalized spacial score (nSPS) is 15.0. The SMILES string of the molecule is Cc1cccc(N2CCN(c3ncnc4c3oc3ccccc34)CC2)c1C. The van der Waals surface area contributed by atoms with Crippen LogP contribution in [-0.4, -0.2) is 36.1 Å². The lowest BCUT2D eigenvalue weighted by Gasteiger charge is -2.37. The Bertz CT molecular complexity index is 1130. The Labute approximate surface area is 158 Å². The summed E-state index contributed by atoms with van der Waals surface area (Å²) in [5.41, 5.74) is 6.60. The highest BCUT2D eigenvalue weighted by Gasteiger charge is 2.23. The summed E-state index contributed by atoms with van der Waals surface area (Å²) >= 11 is 0. The van der Waals surface area contributed by atoms with Gasteiger partial charge in [-0.05, 0) is 43.2 Å². The van der Waals surface area contributed by atoms with E-state index in [-0.39, 0.29) is 0 Å². The van der Waals surface area contributed by atoms with Gasteiger partial charge in [-0.3, -0.25) is 0 Å². The second-order valence-corrected chi connectivity index (χ2v) is 7.17. The molecule has 2 aromatic heterocycles. The van der Waals surface area contributed by atoms with Crippen molar-refractivity contribution < 1.29 is 4.42 Å². The van der Waals surface area contributed by atoms with Crippen LogP contribution in [0.4, 0.5) is 11.5 Å². The van der Waals surface area contributed by atoms with E-state index in [1.165, 1.54) is 16.8 Å². The van der Waals surface area contributed by atoms with Crippen molar-refractivity contribution in [3.8, 4) is 0 Å². The van der Waals surface area contributed by atoms with Crippen LogP contribution in [0.25, 0.3) is 22.1 Å². The summed E-state index contributed by atoms with van der Waals surface area (Å²) in [6.45, 7) is 8.15. The van der Waals surface area contributed by atoms with Gasteiger partial charge in [0.25, 0.3) is 0 Å². The number of anilines is 2. The molecule has 0 amide bonds. The van der Waals surface area contributed by atoms with Crippen LogP contribution in [0.5, 0.6) is 0 Å². The number of para-hydroxylation sites is 1. The highest BCUT2D eigenvalue weighted by molar-refractivity contribution is 6.05. The van der Waals surface area contributed by atoms with Crippen LogP contribution in [-0.2, 0) is 0 Å². The van der Waals surface area contributed by atoms with Gasteiger partial charge in [-0.25, -0.2) is 9.97 Å². The standard InChI is InChI=1S/C22H22N4O/c1-15-6-5-8-18(16(15)2)25-10-12-26(13-11-25)22-21-20(23-14-24-22)17-7-3-4-9-19(17)27-21/h3-9,14H,10-13H2,1-2H3. The molecule has 136 valence electrons. The molecule has 27 heavy (non-hydrogen) atoms. The number of piperazine rings is 1. The molecule has 0 radical (unpaired) electrons. The molecule has 5 heteroatoms. The molecule has 1 aliphatic rings. The molecule has 1 aliphatic heterocycles. The summed E-state index contributed by atoms with van der Waals surface area (Å²) in [7, 11) is 0. The van der Waals surface area contributed by atoms with E-state index in [1.54, 1.807) is 6.33 Å². The average molecular weight is 358 g/mol. The quantitative estimate of drug-likeness (QED) is 0.534. The number of nitrogens with zero attached hydrogens (tertiary/aromatic N) is 4. The highest BCUT2D eigenvalue weighted by atomic mass is 16.3. The van der Waals surface area contributed by atoms with Crippen molar-refractivity contribution in [3.05, 3.63) is 59.9 Å². The second-order valence-electron chi connectivity index (χ2n) is 7.17. The van der Waals surface area contributed by atoms with Gasteiger partial charge in [-0.1, -0.05) is 24.3 Å². The molecular formula is C22H22N4O. The predicted molar refractivity (Wildman–Crippen MR) is 110 cm³/mol. The third kappa shape index (κ3) is 2.62. The molecule has 5 nitrogen and oxygen atoms in total. The van der Waals surface area contributed by atoms with Crippen molar-refractivity contribution in [2.24, 2.45) is 0 Å². The van der Waals surface area contributed by atoms with Crippen molar-refractivity contribution >= 4 is 33.6 Å². The van der Waals surface area contributed by atoms with Crippen molar-refractivity contribution in [2.75, 3.05) is 36.0 Å². The first kappa shape index (κ1) is 16.1. The maximum Gasteiger partial charge on any atom is 0.196 e. The van der Waals surface area contributed by atoms with Crippen molar-refractivity contribution in [3.63, 3.8) is 0 Å². The molecule has 0 spiro atoms. The first-order chi connectivity index (χ1) is 13.2. The summed E-state index contributed by atoms with van der Waals surface area (Å²) in [6.07, 6.45) is 1.65. The Balaban J connectivity index is 1.45. The number of aromatic nitrogens is 2. The minimum Gasteiger partial charge on any atom is -0.450 e. The molecule has 5 rings (SSSR count). The molecule has 0 atom stereocenters. The van der Waals surface area contributed by atoms with Crippen LogP contribution in [0.3, 0.4) is 0 Å².